The molecule has 0 amide bonds. The summed E-state index contributed by atoms with van der Waals surface area (Å²) < 4.78 is 11.1. The SMILES string of the molecule is CC1CN(CCOc2ccc(Cl)cc2Cl)CCO1. The van der Waals surface area contributed by atoms with Crippen LogP contribution in [-0.2, 0) is 4.74 Å². The second-order valence-electron chi connectivity index (χ2n) is 4.41. The van der Waals surface area contributed by atoms with Gasteiger partial charge in [0, 0.05) is 24.7 Å². The van der Waals surface area contributed by atoms with Gasteiger partial charge in [-0.05, 0) is 25.1 Å². The van der Waals surface area contributed by atoms with Crippen molar-refractivity contribution in [2.75, 3.05) is 32.8 Å². The van der Waals surface area contributed by atoms with Gasteiger partial charge in [-0.1, -0.05) is 23.2 Å². The number of benzene rings is 1. The van der Waals surface area contributed by atoms with Gasteiger partial charge in [-0.3, -0.25) is 4.90 Å². The molecule has 0 aromatic heterocycles. The van der Waals surface area contributed by atoms with Crippen LogP contribution in [0.1, 0.15) is 6.92 Å². The Morgan fingerprint density at radius 2 is 2.28 bits per heavy atom. The summed E-state index contributed by atoms with van der Waals surface area (Å²) in [5, 5.41) is 1.17. The summed E-state index contributed by atoms with van der Waals surface area (Å²) >= 11 is 11.9. The van der Waals surface area contributed by atoms with E-state index >= 15 is 0 Å². The first-order chi connectivity index (χ1) is 8.65. The van der Waals surface area contributed by atoms with Crippen molar-refractivity contribution in [1.82, 2.24) is 4.90 Å². The normalized spacial score (nSPS) is 20.9. The molecule has 3 nitrogen and oxygen atoms in total. The molecule has 5 heteroatoms. The van der Waals surface area contributed by atoms with Crippen LogP contribution in [0.5, 0.6) is 5.75 Å². The largest absolute Gasteiger partial charge is 0.491 e. The predicted octanol–water partition coefficient (Wildman–Crippen LogP) is 3.09. The molecule has 1 fully saturated rings. The second kappa shape index (κ2) is 6.62. The molecule has 100 valence electrons. The lowest BCUT2D eigenvalue weighted by atomic mass is 10.3. The van der Waals surface area contributed by atoms with Crippen LogP contribution >= 0.6 is 23.2 Å². The quantitative estimate of drug-likeness (QED) is 0.850. The van der Waals surface area contributed by atoms with Crippen molar-refractivity contribution in [3.8, 4) is 5.75 Å². The van der Waals surface area contributed by atoms with Crippen molar-refractivity contribution in [2.24, 2.45) is 0 Å². The van der Waals surface area contributed by atoms with Crippen molar-refractivity contribution in [3.05, 3.63) is 28.2 Å². The summed E-state index contributed by atoms with van der Waals surface area (Å²) in [5.41, 5.74) is 0. The minimum Gasteiger partial charge on any atom is -0.491 e. The molecule has 0 radical (unpaired) electrons. The summed E-state index contributed by atoms with van der Waals surface area (Å²) in [6.07, 6.45) is 0.304. The van der Waals surface area contributed by atoms with Crippen LogP contribution in [0, 0.1) is 0 Å². The summed E-state index contributed by atoms with van der Waals surface area (Å²) in [7, 11) is 0. The van der Waals surface area contributed by atoms with E-state index in [-0.39, 0.29) is 0 Å². The van der Waals surface area contributed by atoms with Gasteiger partial charge in [0.15, 0.2) is 0 Å². The fraction of sp³-hybridized carbons (Fsp3) is 0.538. The minimum absolute atomic E-state index is 0.304. The molecule has 1 aliphatic rings. The highest BCUT2D eigenvalue weighted by molar-refractivity contribution is 6.35. The first kappa shape index (κ1) is 13.9. The highest BCUT2D eigenvalue weighted by atomic mass is 35.5. The Morgan fingerprint density at radius 1 is 1.44 bits per heavy atom. The fourth-order valence-electron chi connectivity index (χ4n) is 1.97. The number of nitrogens with zero attached hydrogens (tertiary/aromatic N) is 1. The van der Waals surface area contributed by atoms with Crippen molar-refractivity contribution in [2.45, 2.75) is 13.0 Å². The summed E-state index contributed by atoms with van der Waals surface area (Å²) in [6, 6.07) is 5.27. The van der Waals surface area contributed by atoms with Crippen LogP contribution in [0.25, 0.3) is 0 Å². The van der Waals surface area contributed by atoms with E-state index in [0.717, 1.165) is 26.2 Å². The monoisotopic (exact) mass is 289 g/mol. The Morgan fingerprint density at radius 3 is 3.00 bits per heavy atom. The topological polar surface area (TPSA) is 21.7 Å². The molecule has 2 rings (SSSR count). The van der Waals surface area contributed by atoms with Crippen molar-refractivity contribution in [1.29, 1.82) is 0 Å². The third-order valence-corrected chi connectivity index (χ3v) is 3.41. The van der Waals surface area contributed by atoms with E-state index in [2.05, 4.69) is 11.8 Å². The van der Waals surface area contributed by atoms with E-state index < -0.39 is 0 Å². The molecular formula is C13H17Cl2NO2. The molecular weight excluding hydrogens is 273 g/mol. The predicted molar refractivity (Wildman–Crippen MR) is 73.8 cm³/mol. The van der Waals surface area contributed by atoms with Gasteiger partial charge in [0.1, 0.15) is 12.4 Å². The number of hydrogen-bond acceptors (Lipinski definition) is 3. The zero-order valence-electron chi connectivity index (χ0n) is 10.4. The molecule has 1 aromatic rings. The molecule has 0 aliphatic carbocycles. The summed E-state index contributed by atoms with van der Waals surface area (Å²) in [4.78, 5) is 2.33. The average Bonchev–Trinajstić information content (AvgIpc) is 2.32. The summed E-state index contributed by atoms with van der Waals surface area (Å²) in [5.74, 6) is 0.683. The van der Waals surface area contributed by atoms with Gasteiger partial charge in [-0.15, -0.1) is 0 Å². The molecule has 0 saturated carbocycles. The molecule has 1 saturated heterocycles. The number of rotatable bonds is 4. The Bertz CT molecular complexity index is 401. The van der Waals surface area contributed by atoms with Crippen LogP contribution in [0.2, 0.25) is 10.0 Å². The minimum atomic E-state index is 0.304. The van der Waals surface area contributed by atoms with Gasteiger partial charge >= 0.3 is 0 Å². The third kappa shape index (κ3) is 4.02. The smallest absolute Gasteiger partial charge is 0.138 e. The Hall–Kier alpha value is -0.480. The van der Waals surface area contributed by atoms with E-state index in [1.54, 1.807) is 18.2 Å². The highest BCUT2D eigenvalue weighted by Crippen LogP contribution is 2.27. The number of morpholine rings is 1. The lowest BCUT2D eigenvalue weighted by Gasteiger charge is -2.30. The van der Waals surface area contributed by atoms with E-state index in [4.69, 9.17) is 32.7 Å². The third-order valence-electron chi connectivity index (χ3n) is 2.88. The van der Waals surface area contributed by atoms with Crippen LogP contribution in [-0.4, -0.2) is 43.9 Å². The van der Waals surface area contributed by atoms with E-state index in [0.29, 0.717) is 28.5 Å². The number of hydrogen-bond donors (Lipinski definition) is 0. The van der Waals surface area contributed by atoms with Crippen molar-refractivity contribution >= 4 is 23.2 Å². The Kier molecular flexibility index (Phi) is 5.13. The van der Waals surface area contributed by atoms with Crippen LogP contribution in [0.15, 0.2) is 18.2 Å². The van der Waals surface area contributed by atoms with Gasteiger partial charge in [0.25, 0.3) is 0 Å². The van der Waals surface area contributed by atoms with Gasteiger partial charge in [0.05, 0.1) is 17.7 Å². The van der Waals surface area contributed by atoms with Gasteiger partial charge in [-0.2, -0.15) is 0 Å². The summed E-state index contributed by atoms with van der Waals surface area (Å²) in [6.45, 7) is 6.30. The van der Waals surface area contributed by atoms with Crippen molar-refractivity contribution in [3.63, 3.8) is 0 Å². The lowest BCUT2D eigenvalue weighted by Crippen LogP contribution is -2.42. The van der Waals surface area contributed by atoms with Gasteiger partial charge < -0.3 is 9.47 Å². The zero-order valence-corrected chi connectivity index (χ0v) is 11.9. The number of ether oxygens (including phenoxy) is 2. The molecule has 0 bridgehead atoms. The molecule has 1 aliphatic heterocycles. The first-order valence-electron chi connectivity index (χ1n) is 6.07. The van der Waals surface area contributed by atoms with E-state index in [9.17, 15) is 0 Å². The standard InChI is InChI=1S/C13H17Cl2NO2/c1-10-9-16(4-6-17-10)5-7-18-13-3-2-11(14)8-12(13)15/h2-3,8,10H,4-7,9H2,1H3. The van der Waals surface area contributed by atoms with Crippen LogP contribution < -0.4 is 4.74 Å². The lowest BCUT2D eigenvalue weighted by molar-refractivity contribution is -0.0214. The van der Waals surface area contributed by atoms with Gasteiger partial charge in [-0.25, -0.2) is 0 Å². The molecule has 0 N–H and O–H groups in total. The molecule has 1 atom stereocenters. The van der Waals surface area contributed by atoms with Crippen LogP contribution in [0.4, 0.5) is 0 Å². The first-order valence-corrected chi connectivity index (χ1v) is 6.82. The van der Waals surface area contributed by atoms with Gasteiger partial charge in [0.2, 0.25) is 0 Å². The molecule has 1 heterocycles. The molecule has 1 unspecified atom stereocenters. The molecule has 18 heavy (non-hydrogen) atoms. The Balaban J connectivity index is 1.77. The second-order valence-corrected chi connectivity index (χ2v) is 5.25. The van der Waals surface area contributed by atoms with Crippen molar-refractivity contribution < 1.29 is 9.47 Å². The maximum Gasteiger partial charge on any atom is 0.138 e. The zero-order chi connectivity index (χ0) is 13.0. The average molecular weight is 290 g/mol. The molecule has 1 aromatic carbocycles. The van der Waals surface area contributed by atoms with Crippen LogP contribution in [0.3, 0.4) is 0 Å². The number of halogens is 2. The highest BCUT2D eigenvalue weighted by Gasteiger charge is 2.16. The van der Waals surface area contributed by atoms with E-state index in [1.165, 1.54) is 0 Å². The molecule has 0 spiro atoms. The maximum absolute atomic E-state index is 6.03. The Labute approximate surface area is 118 Å². The van der Waals surface area contributed by atoms with E-state index in [1.807, 2.05) is 0 Å². The maximum atomic E-state index is 6.03. The fourth-order valence-corrected chi connectivity index (χ4v) is 2.43.